The van der Waals surface area contributed by atoms with Gasteiger partial charge in [-0.2, -0.15) is 0 Å². The third-order valence-electron chi connectivity index (χ3n) is 2.60. The summed E-state index contributed by atoms with van der Waals surface area (Å²) in [6.45, 7) is 7.19. The van der Waals surface area contributed by atoms with E-state index in [0.29, 0.717) is 0 Å². The summed E-state index contributed by atoms with van der Waals surface area (Å²) in [5.74, 6) is 0. The van der Waals surface area contributed by atoms with Crippen molar-refractivity contribution in [3.05, 3.63) is 34.9 Å². The lowest BCUT2D eigenvalue weighted by Crippen LogP contribution is -2.31. The predicted molar refractivity (Wildman–Crippen MR) is 53.8 cm³/mol. The first-order chi connectivity index (χ1) is 6.07. The van der Waals surface area contributed by atoms with Gasteiger partial charge in [0.1, 0.15) is 0 Å². The molecule has 0 N–H and O–H groups in total. The van der Waals surface area contributed by atoms with E-state index in [-0.39, 0.29) is 5.60 Å². The summed E-state index contributed by atoms with van der Waals surface area (Å²) in [7, 11) is 0. The summed E-state index contributed by atoms with van der Waals surface area (Å²) in [6.07, 6.45) is 1.03. The fourth-order valence-corrected chi connectivity index (χ4v) is 1.84. The van der Waals surface area contributed by atoms with Gasteiger partial charge in [0.25, 0.3) is 0 Å². The second-order valence-electron chi connectivity index (χ2n) is 4.50. The first kappa shape index (κ1) is 8.76. The largest absolute Gasteiger partial charge is 0.371 e. The molecule has 0 saturated carbocycles. The Hall–Kier alpha value is -0.820. The number of rotatable bonds is 0. The molecule has 0 spiro atoms. The van der Waals surface area contributed by atoms with Crippen molar-refractivity contribution in [2.45, 2.75) is 39.4 Å². The van der Waals surface area contributed by atoms with Crippen molar-refractivity contribution >= 4 is 0 Å². The highest BCUT2D eigenvalue weighted by Crippen LogP contribution is 2.27. The fraction of sp³-hybridized carbons (Fsp3) is 0.500. The predicted octanol–water partition coefficient (Wildman–Crippen LogP) is 2.85. The van der Waals surface area contributed by atoms with Crippen LogP contribution in [0.2, 0.25) is 0 Å². The van der Waals surface area contributed by atoms with E-state index in [1.54, 1.807) is 0 Å². The summed E-state index contributed by atoms with van der Waals surface area (Å²) in [6, 6.07) is 6.64. The van der Waals surface area contributed by atoms with Gasteiger partial charge in [-0.05, 0) is 31.9 Å². The van der Waals surface area contributed by atoms with E-state index in [2.05, 4.69) is 39.0 Å². The molecule has 1 aliphatic rings. The van der Waals surface area contributed by atoms with Gasteiger partial charge in [-0.25, -0.2) is 0 Å². The zero-order valence-corrected chi connectivity index (χ0v) is 8.55. The van der Waals surface area contributed by atoms with Crippen molar-refractivity contribution in [1.29, 1.82) is 0 Å². The van der Waals surface area contributed by atoms with E-state index in [0.717, 1.165) is 13.0 Å². The van der Waals surface area contributed by atoms with Crippen LogP contribution in [-0.4, -0.2) is 5.60 Å². The average molecular weight is 176 g/mol. The standard InChI is InChI=1S/C12H16O/c1-9-4-5-10-7-12(2,3)13-8-11(10)6-9/h4-6H,7-8H2,1-3H3. The van der Waals surface area contributed by atoms with Crippen LogP contribution in [0, 0.1) is 6.92 Å². The molecule has 0 atom stereocenters. The number of hydrogen-bond acceptors (Lipinski definition) is 1. The normalized spacial score (nSPS) is 19.6. The van der Waals surface area contributed by atoms with Gasteiger partial charge in [0.2, 0.25) is 0 Å². The highest BCUT2D eigenvalue weighted by molar-refractivity contribution is 5.33. The van der Waals surface area contributed by atoms with Crippen molar-refractivity contribution in [3.63, 3.8) is 0 Å². The number of aryl methyl sites for hydroxylation is 1. The van der Waals surface area contributed by atoms with Gasteiger partial charge >= 0.3 is 0 Å². The van der Waals surface area contributed by atoms with E-state index in [1.807, 2.05) is 0 Å². The Morgan fingerprint density at radius 2 is 2.00 bits per heavy atom. The second-order valence-corrected chi connectivity index (χ2v) is 4.50. The molecule has 0 radical (unpaired) electrons. The Labute approximate surface area is 79.7 Å². The topological polar surface area (TPSA) is 9.23 Å². The van der Waals surface area contributed by atoms with Crippen LogP contribution in [0.25, 0.3) is 0 Å². The van der Waals surface area contributed by atoms with Crippen molar-refractivity contribution in [3.8, 4) is 0 Å². The summed E-state index contributed by atoms with van der Waals surface area (Å²) in [5, 5.41) is 0. The maximum Gasteiger partial charge on any atom is 0.0727 e. The number of fused-ring (bicyclic) bond motifs is 1. The van der Waals surface area contributed by atoms with Crippen molar-refractivity contribution in [1.82, 2.24) is 0 Å². The maximum absolute atomic E-state index is 5.75. The number of ether oxygens (including phenoxy) is 1. The van der Waals surface area contributed by atoms with Crippen LogP contribution in [0.15, 0.2) is 18.2 Å². The third-order valence-corrected chi connectivity index (χ3v) is 2.60. The van der Waals surface area contributed by atoms with Crippen molar-refractivity contribution in [2.75, 3.05) is 0 Å². The summed E-state index contributed by atoms with van der Waals surface area (Å²) < 4.78 is 5.75. The Kier molecular flexibility index (Phi) is 1.92. The highest BCUT2D eigenvalue weighted by Gasteiger charge is 2.25. The lowest BCUT2D eigenvalue weighted by atomic mass is 9.91. The molecule has 1 heterocycles. The molecule has 1 nitrogen and oxygen atoms in total. The zero-order chi connectivity index (χ0) is 9.47. The molecule has 0 fully saturated rings. The minimum absolute atomic E-state index is 0.0161. The van der Waals surface area contributed by atoms with E-state index >= 15 is 0 Å². The van der Waals surface area contributed by atoms with E-state index in [1.165, 1.54) is 16.7 Å². The third kappa shape index (κ3) is 1.75. The average Bonchev–Trinajstić information content (AvgIpc) is 2.05. The van der Waals surface area contributed by atoms with Crippen molar-refractivity contribution in [2.24, 2.45) is 0 Å². The van der Waals surface area contributed by atoms with E-state index < -0.39 is 0 Å². The van der Waals surface area contributed by atoms with E-state index in [4.69, 9.17) is 4.74 Å². The van der Waals surface area contributed by atoms with Crippen molar-refractivity contribution < 1.29 is 4.74 Å². The monoisotopic (exact) mass is 176 g/mol. The maximum atomic E-state index is 5.75. The van der Waals surface area contributed by atoms with Gasteiger partial charge in [-0.1, -0.05) is 23.8 Å². The van der Waals surface area contributed by atoms with Gasteiger partial charge < -0.3 is 4.74 Å². The van der Waals surface area contributed by atoms with Gasteiger partial charge in [0, 0.05) is 6.42 Å². The van der Waals surface area contributed by atoms with Crippen LogP contribution < -0.4 is 0 Å². The smallest absolute Gasteiger partial charge is 0.0727 e. The fourth-order valence-electron chi connectivity index (χ4n) is 1.84. The van der Waals surface area contributed by atoms with Crippen LogP contribution in [-0.2, 0) is 17.8 Å². The van der Waals surface area contributed by atoms with Crippen LogP contribution in [0.5, 0.6) is 0 Å². The van der Waals surface area contributed by atoms with E-state index in [9.17, 15) is 0 Å². The quantitative estimate of drug-likeness (QED) is 0.590. The molecule has 1 aromatic rings. The molecule has 0 bridgehead atoms. The molecular formula is C12H16O. The lowest BCUT2D eigenvalue weighted by molar-refractivity contribution is -0.0401. The first-order valence-electron chi connectivity index (χ1n) is 4.79. The molecule has 0 saturated heterocycles. The zero-order valence-electron chi connectivity index (χ0n) is 8.55. The second kappa shape index (κ2) is 2.85. The molecule has 1 heteroatoms. The van der Waals surface area contributed by atoms with Gasteiger partial charge in [-0.15, -0.1) is 0 Å². The minimum atomic E-state index is 0.0161. The molecular weight excluding hydrogens is 160 g/mol. The van der Waals surface area contributed by atoms with Crippen LogP contribution in [0.3, 0.4) is 0 Å². The highest BCUT2D eigenvalue weighted by atomic mass is 16.5. The first-order valence-corrected chi connectivity index (χ1v) is 4.79. The van der Waals surface area contributed by atoms with Crippen LogP contribution in [0.4, 0.5) is 0 Å². The molecule has 13 heavy (non-hydrogen) atoms. The molecule has 0 amide bonds. The Morgan fingerprint density at radius 1 is 1.23 bits per heavy atom. The Bertz CT molecular complexity index is 326. The Morgan fingerprint density at radius 3 is 2.77 bits per heavy atom. The molecule has 70 valence electrons. The molecule has 2 rings (SSSR count). The van der Waals surface area contributed by atoms with Crippen LogP contribution >= 0.6 is 0 Å². The molecule has 0 aliphatic carbocycles. The molecule has 1 aliphatic heterocycles. The molecule has 1 aromatic carbocycles. The molecule has 0 unspecified atom stereocenters. The lowest BCUT2D eigenvalue weighted by Gasteiger charge is -2.31. The molecule has 0 aromatic heterocycles. The summed E-state index contributed by atoms with van der Waals surface area (Å²) in [4.78, 5) is 0. The van der Waals surface area contributed by atoms with Crippen LogP contribution in [0.1, 0.15) is 30.5 Å². The van der Waals surface area contributed by atoms with Gasteiger partial charge in [-0.3, -0.25) is 0 Å². The van der Waals surface area contributed by atoms with Gasteiger partial charge in [0.15, 0.2) is 0 Å². The summed E-state index contributed by atoms with van der Waals surface area (Å²) >= 11 is 0. The number of hydrogen-bond donors (Lipinski definition) is 0. The Balaban J connectivity index is 2.37. The SMILES string of the molecule is Cc1ccc2c(c1)COC(C)(C)C2. The minimum Gasteiger partial charge on any atom is -0.371 e. The summed E-state index contributed by atoms with van der Waals surface area (Å²) in [5.41, 5.74) is 4.14. The number of benzene rings is 1. The van der Waals surface area contributed by atoms with Gasteiger partial charge in [0.05, 0.1) is 12.2 Å².